The van der Waals surface area contributed by atoms with Crippen molar-refractivity contribution in [3.63, 3.8) is 0 Å². The van der Waals surface area contributed by atoms with Crippen LogP contribution in [0.1, 0.15) is 43.5 Å². The molecule has 104 valence electrons. The van der Waals surface area contributed by atoms with Gasteiger partial charge >= 0.3 is 0 Å². The zero-order chi connectivity index (χ0) is 14.0. The first-order valence-corrected chi connectivity index (χ1v) is 6.86. The predicted molar refractivity (Wildman–Crippen MR) is 76.0 cm³/mol. The fourth-order valence-corrected chi connectivity index (χ4v) is 2.63. The van der Waals surface area contributed by atoms with Gasteiger partial charge in [-0.2, -0.15) is 0 Å². The number of nitrogens with one attached hydrogen (secondary N) is 1. The average Bonchev–Trinajstić information content (AvgIpc) is 2.37. The first-order valence-electron chi connectivity index (χ1n) is 6.86. The lowest BCUT2D eigenvalue weighted by atomic mass is 9.79. The summed E-state index contributed by atoms with van der Waals surface area (Å²) in [6.45, 7) is 4.50. The molecule has 0 radical (unpaired) electrons. The maximum absolute atomic E-state index is 12.1. The van der Waals surface area contributed by atoms with Crippen LogP contribution in [0.2, 0.25) is 0 Å². The highest BCUT2D eigenvalue weighted by atomic mass is 16.3. The van der Waals surface area contributed by atoms with E-state index in [0.29, 0.717) is 11.5 Å². The van der Waals surface area contributed by atoms with Gasteiger partial charge in [0.15, 0.2) is 0 Å². The summed E-state index contributed by atoms with van der Waals surface area (Å²) in [6, 6.07) is 4.84. The van der Waals surface area contributed by atoms with Crippen molar-refractivity contribution in [2.24, 2.45) is 11.8 Å². The summed E-state index contributed by atoms with van der Waals surface area (Å²) in [4.78, 5) is 12.1. The Kier molecular flexibility index (Phi) is 3.98. The summed E-state index contributed by atoms with van der Waals surface area (Å²) >= 11 is 0. The van der Waals surface area contributed by atoms with E-state index in [9.17, 15) is 9.90 Å². The molecule has 1 saturated carbocycles. The van der Waals surface area contributed by atoms with Gasteiger partial charge in [0.1, 0.15) is 5.75 Å². The van der Waals surface area contributed by atoms with Crippen LogP contribution in [0.3, 0.4) is 0 Å². The molecule has 2 rings (SSSR count). The summed E-state index contributed by atoms with van der Waals surface area (Å²) in [5.74, 6) is 1.19. The van der Waals surface area contributed by atoms with E-state index in [1.807, 2.05) is 0 Å². The summed E-state index contributed by atoms with van der Waals surface area (Å²) in [5.41, 5.74) is 6.27. The third kappa shape index (κ3) is 3.19. The normalized spacial score (nSPS) is 26.9. The molecule has 19 heavy (non-hydrogen) atoms. The van der Waals surface area contributed by atoms with Crippen LogP contribution in [0.25, 0.3) is 0 Å². The monoisotopic (exact) mass is 262 g/mol. The van der Waals surface area contributed by atoms with Crippen LogP contribution in [0, 0.1) is 11.8 Å². The molecular formula is C15H22N2O2. The van der Waals surface area contributed by atoms with Gasteiger partial charge in [-0.25, -0.2) is 0 Å². The van der Waals surface area contributed by atoms with Gasteiger partial charge in [-0.05, 0) is 49.3 Å². The second-order valence-corrected chi connectivity index (χ2v) is 5.71. The fraction of sp³-hybridized carbons (Fsp3) is 0.533. The van der Waals surface area contributed by atoms with Crippen molar-refractivity contribution in [3.8, 4) is 5.75 Å². The number of amides is 1. The quantitative estimate of drug-likeness (QED) is 0.566. The number of hydrogen-bond donors (Lipinski definition) is 3. The van der Waals surface area contributed by atoms with E-state index in [0.717, 1.165) is 25.2 Å². The molecule has 0 spiro atoms. The van der Waals surface area contributed by atoms with Crippen molar-refractivity contribution in [3.05, 3.63) is 23.8 Å². The number of phenols is 1. The van der Waals surface area contributed by atoms with Crippen LogP contribution < -0.4 is 11.1 Å². The van der Waals surface area contributed by atoms with Crippen molar-refractivity contribution >= 4 is 11.6 Å². The average molecular weight is 262 g/mol. The van der Waals surface area contributed by atoms with E-state index >= 15 is 0 Å². The lowest BCUT2D eigenvalue weighted by Gasteiger charge is -2.32. The topological polar surface area (TPSA) is 75.4 Å². The van der Waals surface area contributed by atoms with Gasteiger partial charge in [0.25, 0.3) is 5.91 Å². The van der Waals surface area contributed by atoms with E-state index in [1.54, 1.807) is 12.1 Å². The lowest BCUT2D eigenvalue weighted by Crippen LogP contribution is -2.39. The van der Waals surface area contributed by atoms with Gasteiger partial charge in [-0.1, -0.05) is 13.8 Å². The summed E-state index contributed by atoms with van der Waals surface area (Å²) in [5, 5.41) is 12.6. The molecule has 0 aliphatic heterocycles. The molecule has 1 aliphatic carbocycles. The van der Waals surface area contributed by atoms with E-state index in [2.05, 4.69) is 19.2 Å². The highest BCUT2D eigenvalue weighted by molar-refractivity contribution is 5.95. The third-order valence-electron chi connectivity index (χ3n) is 4.23. The first-order chi connectivity index (χ1) is 8.97. The molecule has 1 aliphatic rings. The number of benzene rings is 1. The van der Waals surface area contributed by atoms with Gasteiger partial charge in [0.2, 0.25) is 0 Å². The van der Waals surface area contributed by atoms with Crippen LogP contribution in [-0.2, 0) is 0 Å². The number of rotatable bonds is 2. The number of carbonyl (C=O) groups is 1. The Morgan fingerprint density at radius 3 is 2.68 bits per heavy atom. The van der Waals surface area contributed by atoms with Crippen LogP contribution in [0.15, 0.2) is 18.2 Å². The van der Waals surface area contributed by atoms with E-state index < -0.39 is 0 Å². The molecule has 1 aromatic carbocycles. The van der Waals surface area contributed by atoms with Crippen molar-refractivity contribution in [2.45, 2.75) is 39.2 Å². The van der Waals surface area contributed by atoms with Crippen LogP contribution in [0.4, 0.5) is 5.69 Å². The van der Waals surface area contributed by atoms with E-state index in [1.165, 1.54) is 6.07 Å². The molecule has 0 aromatic heterocycles. The number of carbonyl (C=O) groups excluding carboxylic acids is 1. The third-order valence-corrected chi connectivity index (χ3v) is 4.23. The second kappa shape index (κ2) is 5.51. The number of hydrogen-bond acceptors (Lipinski definition) is 3. The second-order valence-electron chi connectivity index (χ2n) is 5.71. The van der Waals surface area contributed by atoms with Crippen molar-refractivity contribution in [1.29, 1.82) is 0 Å². The molecular weight excluding hydrogens is 240 g/mol. The van der Waals surface area contributed by atoms with Crippen LogP contribution >= 0.6 is 0 Å². The largest absolute Gasteiger partial charge is 0.506 e. The Balaban J connectivity index is 1.99. The fourth-order valence-electron chi connectivity index (χ4n) is 2.63. The Bertz CT molecular complexity index is 473. The highest BCUT2D eigenvalue weighted by Crippen LogP contribution is 2.29. The van der Waals surface area contributed by atoms with Crippen molar-refractivity contribution in [2.75, 3.05) is 5.73 Å². The maximum Gasteiger partial charge on any atom is 0.251 e. The Morgan fingerprint density at radius 1 is 1.32 bits per heavy atom. The van der Waals surface area contributed by atoms with E-state index in [4.69, 9.17) is 5.73 Å². The number of phenolic OH excluding ortho intramolecular Hbond substituents is 1. The number of anilines is 1. The Morgan fingerprint density at radius 2 is 2.05 bits per heavy atom. The lowest BCUT2D eigenvalue weighted by molar-refractivity contribution is 0.0910. The number of nitrogen functional groups attached to an aromatic ring is 1. The molecule has 4 nitrogen and oxygen atoms in total. The molecule has 0 heterocycles. The molecule has 1 amide bonds. The molecule has 4 heteroatoms. The molecule has 1 fully saturated rings. The van der Waals surface area contributed by atoms with Gasteiger partial charge < -0.3 is 16.2 Å². The standard InChI is InChI=1S/C15H22N2O2/c1-9-3-5-12(7-10(9)2)17-15(19)11-4-6-13(16)14(18)8-11/h4,6,8-10,12,18H,3,5,7,16H2,1-2H3,(H,17,19). The SMILES string of the molecule is CC1CCC(NC(=O)c2ccc(N)c(O)c2)CC1C. The Labute approximate surface area is 114 Å². The van der Waals surface area contributed by atoms with Crippen LogP contribution in [-0.4, -0.2) is 17.1 Å². The minimum absolute atomic E-state index is 0.0433. The maximum atomic E-state index is 12.1. The molecule has 0 saturated heterocycles. The molecule has 0 bridgehead atoms. The molecule has 4 N–H and O–H groups in total. The highest BCUT2D eigenvalue weighted by Gasteiger charge is 2.25. The van der Waals surface area contributed by atoms with E-state index in [-0.39, 0.29) is 23.4 Å². The zero-order valence-electron chi connectivity index (χ0n) is 11.5. The van der Waals surface area contributed by atoms with Gasteiger partial charge in [-0.3, -0.25) is 4.79 Å². The summed E-state index contributed by atoms with van der Waals surface area (Å²) in [6.07, 6.45) is 3.20. The Hall–Kier alpha value is -1.71. The summed E-state index contributed by atoms with van der Waals surface area (Å²) < 4.78 is 0. The van der Waals surface area contributed by atoms with Crippen molar-refractivity contribution in [1.82, 2.24) is 5.32 Å². The van der Waals surface area contributed by atoms with Crippen LogP contribution in [0.5, 0.6) is 5.75 Å². The zero-order valence-corrected chi connectivity index (χ0v) is 11.5. The number of nitrogens with two attached hydrogens (primary N) is 1. The minimum atomic E-state index is -0.137. The number of aromatic hydroxyl groups is 1. The minimum Gasteiger partial charge on any atom is -0.506 e. The summed E-state index contributed by atoms with van der Waals surface area (Å²) in [7, 11) is 0. The first kappa shape index (κ1) is 13.7. The smallest absolute Gasteiger partial charge is 0.251 e. The molecule has 3 unspecified atom stereocenters. The van der Waals surface area contributed by atoms with Gasteiger partial charge in [0.05, 0.1) is 5.69 Å². The van der Waals surface area contributed by atoms with Gasteiger partial charge in [0, 0.05) is 11.6 Å². The molecule has 3 atom stereocenters. The van der Waals surface area contributed by atoms with Crippen molar-refractivity contribution < 1.29 is 9.90 Å². The molecule has 1 aromatic rings. The predicted octanol–water partition coefficient (Wildman–Crippen LogP) is 2.53. The van der Waals surface area contributed by atoms with Gasteiger partial charge in [-0.15, -0.1) is 0 Å².